The number of halogens is 1. The summed E-state index contributed by atoms with van der Waals surface area (Å²) in [4.78, 5) is 24.1. The van der Waals surface area contributed by atoms with Crippen LogP contribution in [0.2, 0.25) is 5.02 Å². The molecule has 0 spiro atoms. The van der Waals surface area contributed by atoms with Crippen molar-refractivity contribution in [1.29, 1.82) is 0 Å². The van der Waals surface area contributed by atoms with Gasteiger partial charge in [-0.2, -0.15) is 5.10 Å². The Bertz CT molecular complexity index is 1070. The van der Waals surface area contributed by atoms with E-state index < -0.39 is 0 Å². The fourth-order valence-electron chi connectivity index (χ4n) is 2.56. The number of aryl methyl sites for hydroxylation is 1. The summed E-state index contributed by atoms with van der Waals surface area (Å²) in [5.74, 6) is -0.0790. The van der Waals surface area contributed by atoms with Crippen LogP contribution in [0.15, 0.2) is 77.9 Å². The fourth-order valence-corrected chi connectivity index (χ4v) is 2.69. The van der Waals surface area contributed by atoms with E-state index in [0.29, 0.717) is 21.9 Å². The number of nitrogens with one attached hydrogen (secondary N) is 2. The third-order valence-electron chi connectivity index (χ3n) is 4.13. The average Bonchev–Trinajstić information content (AvgIpc) is 2.75. The van der Waals surface area contributed by atoms with Crippen LogP contribution in [0.5, 0.6) is 5.75 Å². The largest absolute Gasteiger partial charge is 0.484 e. The zero-order valence-corrected chi connectivity index (χ0v) is 17.0. The number of carbonyl (C=O) groups excluding carboxylic acids is 2. The minimum Gasteiger partial charge on any atom is -0.484 e. The first kappa shape index (κ1) is 21.1. The number of carbonyl (C=O) groups is 2. The number of hydrogen-bond donors (Lipinski definition) is 2. The monoisotopic (exact) mass is 421 g/mol. The molecule has 7 heteroatoms. The second-order valence-electron chi connectivity index (χ2n) is 6.43. The van der Waals surface area contributed by atoms with Crippen molar-refractivity contribution in [2.75, 3.05) is 11.9 Å². The SMILES string of the molecule is Cc1ccccc1NC(=O)COc1cccc(/C=N/NC(=O)c2ccc(Cl)cc2)c1. The number of hydrogen-bond acceptors (Lipinski definition) is 4. The van der Waals surface area contributed by atoms with Gasteiger partial charge in [0, 0.05) is 16.3 Å². The molecule has 3 aromatic rings. The molecule has 0 aliphatic rings. The van der Waals surface area contributed by atoms with Crippen molar-refractivity contribution in [2.45, 2.75) is 6.92 Å². The van der Waals surface area contributed by atoms with Gasteiger partial charge in [0.05, 0.1) is 6.21 Å². The van der Waals surface area contributed by atoms with Gasteiger partial charge in [0.15, 0.2) is 6.61 Å². The van der Waals surface area contributed by atoms with Gasteiger partial charge in [0.2, 0.25) is 0 Å². The molecule has 0 aromatic heterocycles. The number of ether oxygens (including phenoxy) is 1. The minimum absolute atomic E-state index is 0.123. The van der Waals surface area contributed by atoms with Gasteiger partial charge in [-0.3, -0.25) is 9.59 Å². The van der Waals surface area contributed by atoms with Gasteiger partial charge >= 0.3 is 0 Å². The third-order valence-corrected chi connectivity index (χ3v) is 4.39. The summed E-state index contributed by atoms with van der Waals surface area (Å²) in [6, 6.07) is 21.1. The minimum atomic E-state index is -0.344. The molecule has 0 saturated carbocycles. The quantitative estimate of drug-likeness (QED) is 0.437. The highest BCUT2D eigenvalue weighted by Gasteiger charge is 2.06. The van der Waals surface area contributed by atoms with E-state index in [4.69, 9.17) is 16.3 Å². The Kier molecular flexibility index (Phi) is 7.19. The maximum atomic E-state index is 12.1. The molecule has 2 amide bonds. The summed E-state index contributed by atoms with van der Waals surface area (Å²) in [5, 5.41) is 7.32. The van der Waals surface area contributed by atoms with Crippen molar-refractivity contribution in [2.24, 2.45) is 5.10 Å². The van der Waals surface area contributed by atoms with Gasteiger partial charge < -0.3 is 10.1 Å². The average molecular weight is 422 g/mol. The lowest BCUT2D eigenvalue weighted by molar-refractivity contribution is -0.118. The van der Waals surface area contributed by atoms with Gasteiger partial charge in [0.1, 0.15) is 5.75 Å². The smallest absolute Gasteiger partial charge is 0.271 e. The van der Waals surface area contributed by atoms with E-state index in [2.05, 4.69) is 15.8 Å². The van der Waals surface area contributed by atoms with E-state index in [1.807, 2.05) is 31.2 Å². The van der Waals surface area contributed by atoms with Crippen LogP contribution in [0.3, 0.4) is 0 Å². The first-order chi connectivity index (χ1) is 14.5. The van der Waals surface area contributed by atoms with Crippen LogP contribution in [0.4, 0.5) is 5.69 Å². The van der Waals surface area contributed by atoms with Crippen molar-refractivity contribution < 1.29 is 14.3 Å². The number of nitrogens with zero attached hydrogens (tertiary/aromatic N) is 1. The van der Waals surface area contributed by atoms with Crippen LogP contribution >= 0.6 is 11.6 Å². The van der Waals surface area contributed by atoms with E-state index in [1.165, 1.54) is 6.21 Å². The fraction of sp³-hybridized carbons (Fsp3) is 0.0870. The second kappa shape index (κ2) is 10.2. The van der Waals surface area contributed by atoms with Crippen LogP contribution in [0, 0.1) is 6.92 Å². The molecule has 0 atom stereocenters. The topological polar surface area (TPSA) is 79.8 Å². The molecule has 0 fully saturated rings. The molecule has 0 radical (unpaired) electrons. The van der Waals surface area contributed by atoms with Crippen molar-refractivity contribution in [3.05, 3.63) is 94.5 Å². The van der Waals surface area contributed by atoms with Crippen molar-refractivity contribution >= 4 is 35.3 Å². The van der Waals surface area contributed by atoms with Crippen molar-refractivity contribution in [3.63, 3.8) is 0 Å². The molecule has 2 N–H and O–H groups in total. The lowest BCUT2D eigenvalue weighted by atomic mass is 10.2. The summed E-state index contributed by atoms with van der Waals surface area (Å²) in [6.07, 6.45) is 1.49. The molecule has 0 bridgehead atoms. The van der Waals surface area contributed by atoms with Gasteiger partial charge in [-0.1, -0.05) is 41.9 Å². The molecule has 0 aliphatic carbocycles. The summed E-state index contributed by atoms with van der Waals surface area (Å²) >= 11 is 5.81. The Morgan fingerprint density at radius 3 is 2.57 bits per heavy atom. The first-order valence-corrected chi connectivity index (χ1v) is 9.56. The van der Waals surface area contributed by atoms with Gasteiger partial charge in [-0.25, -0.2) is 5.43 Å². The highest BCUT2D eigenvalue weighted by atomic mass is 35.5. The van der Waals surface area contributed by atoms with Gasteiger partial charge in [-0.05, 0) is 60.5 Å². The molecule has 152 valence electrons. The number of para-hydroxylation sites is 1. The third kappa shape index (κ3) is 6.18. The predicted molar refractivity (Wildman–Crippen MR) is 118 cm³/mol. The molecule has 3 aromatic carbocycles. The van der Waals surface area contributed by atoms with Crippen molar-refractivity contribution in [1.82, 2.24) is 5.43 Å². The molecule has 0 saturated heterocycles. The lowest BCUT2D eigenvalue weighted by Gasteiger charge is -2.09. The number of hydrazone groups is 1. The standard InChI is InChI=1S/C23H20ClN3O3/c1-16-5-2-3-8-21(16)26-22(28)15-30-20-7-4-6-17(13-20)14-25-27-23(29)18-9-11-19(24)12-10-18/h2-14H,15H2,1H3,(H,26,28)(H,27,29)/b25-14+. The van der Waals surface area contributed by atoms with Crippen LogP contribution in [-0.4, -0.2) is 24.6 Å². The number of anilines is 1. The highest BCUT2D eigenvalue weighted by molar-refractivity contribution is 6.30. The van der Waals surface area contributed by atoms with E-state index in [-0.39, 0.29) is 18.4 Å². The molecular formula is C23H20ClN3O3. The van der Waals surface area contributed by atoms with E-state index >= 15 is 0 Å². The summed E-state index contributed by atoms with van der Waals surface area (Å²) < 4.78 is 5.55. The molecule has 30 heavy (non-hydrogen) atoms. The normalized spacial score (nSPS) is 10.6. The van der Waals surface area contributed by atoms with Crippen LogP contribution in [0.1, 0.15) is 21.5 Å². The Hall–Kier alpha value is -3.64. The lowest BCUT2D eigenvalue weighted by Crippen LogP contribution is -2.20. The van der Waals surface area contributed by atoms with E-state index in [0.717, 1.165) is 11.3 Å². The van der Waals surface area contributed by atoms with E-state index in [1.54, 1.807) is 48.5 Å². The summed E-state index contributed by atoms with van der Waals surface area (Å²) in [5.41, 5.74) is 5.34. The second-order valence-corrected chi connectivity index (χ2v) is 6.87. The molecular weight excluding hydrogens is 402 g/mol. The zero-order valence-electron chi connectivity index (χ0n) is 16.3. The summed E-state index contributed by atoms with van der Waals surface area (Å²) in [6.45, 7) is 1.80. The summed E-state index contributed by atoms with van der Waals surface area (Å²) in [7, 11) is 0. The Labute approximate surface area is 179 Å². The van der Waals surface area contributed by atoms with Gasteiger partial charge in [0.25, 0.3) is 11.8 Å². The molecule has 0 aliphatic heterocycles. The Morgan fingerprint density at radius 2 is 1.80 bits per heavy atom. The zero-order chi connectivity index (χ0) is 21.3. The first-order valence-electron chi connectivity index (χ1n) is 9.18. The Morgan fingerprint density at radius 1 is 1.03 bits per heavy atom. The molecule has 6 nitrogen and oxygen atoms in total. The van der Waals surface area contributed by atoms with Crippen LogP contribution in [0.25, 0.3) is 0 Å². The predicted octanol–water partition coefficient (Wildman–Crippen LogP) is 4.43. The van der Waals surface area contributed by atoms with Crippen molar-refractivity contribution in [3.8, 4) is 5.75 Å². The highest BCUT2D eigenvalue weighted by Crippen LogP contribution is 2.15. The van der Waals surface area contributed by atoms with Crippen LogP contribution in [-0.2, 0) is 4.79 Å². The molecule has 0 unspecified atom stereocenters. The maximum absolute atomic E-state index is 12.1. The number of rotatable bonds is 7. The van der Waals surface area contributed by atoms with Crippen LogP contribution < -0.4 is 15.5 Å². The number of amides is 2. The Balaban J connectivity index is 1.52. The molecule has 0 heterocycles. The van der Waals surface area contributed by atoms with Gasteiger partial charge in [-0.15, -0.1) is 0 Å². The molecule has 3 rings (SSSR count). The maximum Gasteiger partial charge on any atom is 0.271 e. The van der Waals surface area contributed by atoms with E-state index in [9.17, 15) is 9.59 Å². The number of benzene rings is 3.